The summed E-state index contributed by atoms with van der Waals surface area (Å²) in [6.07, 6.45) is 3.21. The zero-order chi connectivity index (χ0) is 14.3. The van der Waals surface area contributed by atoms with Crippen LogP contribution in [0.5, 0.6) is 0 Å². The van der Waals surface area contributed by atoms with Crippen molar-refractivity contribution in [1.29, 1.82) is 0 Å². The monoisotopic (exact) mass is 300 g/mol. The number of aliphatic carboxylic acids is 1. The van der Waals surface area contributed by atoms with E-state index in [0.29, 0.717) is 28.5 Å². The third-order valence-corrected chi connectivity index (χ3v) is 5.33. The first-order valence-corrected chi connectivity index (χ1v) is 7.34. The highest BCUT2D eigenvalue weighted by atomic mass is 35.5. The summed E-state index contributed by atoms with van der Waals surface area (Å²) in [7, 11) is 0. The first-order chi connectivity index (χ1) is 8.91. The second-order valence-electron chi connectivity index (χ2n) is 5.54. The molecule has 0 saturated heterocycles. The summed E-state index contributed by atoms with van der Waals surface area (Å²) < 4.78 is 0. The molecule has 0 spiro atoms. The van der Waals surface area contributed by atoms with E-state index in [1.54, 1.807) is 18.2 Å². The van der Waals surface area contributed by atoms with Crippen LogP contribution in [0.15, 0.2) is 18.2 Å². The number of rotatable bonds is 4. The van der Waals surface area contributed by atoms with Gasteiger partial charge < -0.3 is 5.11 Å². The molecule has 2 rings (SSSR count). The van der Waals surface area contributed by atoms with Crippen LogP contribution in [-0.2, 0) is 10.2 Å². The van der Waals surface area contributed by atoms with Crippen LogP contribution in [0.25, 0.3) is 0 Å². The molecular weight excluding hydrogens is 283 g/mol. The fraction of sp³-hybridized carbons (Fsp3) is 0.533. The van der Waals surface area contributed by atoms with Gasteiger partial charge in [-0.2, -0.15) is 0 Å². The number of benzene rings is 1. The second-order valence-corrected chi connectivity index (χ2v) is 6.36. The Labute approximate surface area is 123 Å². The molecule has 0 unspecified atom stereocenters. The number of carboxylic acids is 1. The molecule has 4 heteroatoms. The lowest BCUT2D eigenvalue weighted by molar-refractivity contribution is -0.155. The van der Waals surface area contributed by atoms with Gasteiger partial charge in [0.2, 0.25) is 0 Å². The molecule has 1 saturated carbocycles. The van der Waals surface area contributed by atoms with E-state index >= 15 is 0 Å². The Morgan fingerprint density at radius 3 is 2.05 bits per heavy atom. The Hall–Kier alpha value is -0.730. The maximum atomic E-state index is 11.8. The van der Waals surface area contributed by atoms with E-state index in [2.05, 4.69) is 13.8 Å². The van der Waals surface area contributed by atoms with Crippen LogP contribution in [0, 0.1) is 5.41 Å². The zero-order valence-electron chi connectivity index (χ0n) is 11.2. The Morgan fingerprint density at radius 1 is 1.21 bits per heavy atom. The normalized spacial score (nSPS) is 19.8. The number of carboxylic acid groups (broad SMARTS) is 1. The minimum Gasteiger partial charge on any atom is -0.481 e. The molecule has 1 aromatic carbocycles. The van der Waals surface area contributed by atoms with Crippen molar-refractivity contribution < 1.29 is 9.90 Å². The minimum absolute atomic E-state index is 0.112. The second kappa shape index (κ2) is 4.99. The Bertz CT molecular complexity index is 479. The molecule has 2 nitrogen and oxygen atoms in total. The predicted octanol–water partition coefficient (Wildman–Crippen LogP) is 4.92. The maximum Gasteiger partial charge on any atom is 0.314 e. The highest BCUT2D eigenvalue weighted by Crippen LogP contribution is 2.61. The molecule has 0 aromatic heterocycles. The number of hydrogen-bond donors (Lipinski definition) is 1. The van der Waals surface area contributed by atoms with Gasteiger partial charge >= 0.3 is 5.97 Å². The molecule has 0 radical (unpaired) electrons. The Morgan fingerprint density at radius 2 is 1.68 bits per heavy atom. The summed E-state index contributed by atoms with van der Waals surface area (Å²) >= 11 is 12.4. The third-order valence-electron chi connectivity index (χ3n) is 4.70. The first-order valence-electron chi connectivity index (χ1n) is 6.59. The van der Waals surface area contributed by atoms with Crippen LogP contribution in [0.2, 0.25) is 10.0 Å². The molecule has 1 N–H and O–H groups in total. The molecule has 104 valence electrons. The van der Waals surface area contributed by atoms with E-state index in [1.165, 1.54) is 0 Å². The summed E-state index contributed by atoms with van der Waals surface area (Å²) in [5.41, 5.74) is -0.217. The quantitative estimate of drug-likeness (QED) is 0.857. The minimum atomic E-state index is -0.915. The summed E-state index contributed by atoms with van der Waals surface area (Å²) in [6.45, 7) is 4.23. The standard InChI is InChI=1S/C15H18Cl2O2/c1-3-14(4-2)8-15(9-14,13(18)19)12-10(16)6-5-7-11(12)17/h5-7H,3-4,8-9H2,1-2H3,(H,18,19). The van der Waals surface area contributed by atoms with Crippen molar-refractivity contribution in [3.05, 3.63) is 33.8 Å². The first kappa shape index (κ1) is 14.7. The summed E-state index contributed by atoms with van der Waals surface area (Å²) in [5.74, 6) is -0.819. The molecule has 1 aromatic rings. The van der Waals surface area contributed by atoms with Crippen LogP contribution in [-0.4, -0.2) is 11.1 Å². The van der Waals surface area contributed by atoms with Crippen LogP contribution in [0.1, 0.15) is 45.1 Å². The van der Waals surface area contributed by atoms with Crippen LogP contribution < -0.4 is 0 Å². The van der Waals surface area contributed by atoms with Crippen molar-refractivity contribution in [2.75, 3.05) is 0 Å². The van der Waals surface area contributed by atoms with Crippen molar-refractivity contribution in [3.8, 4) is 0 Å². The molecule has 1 aliphatic rings. The molecule has 1 fully saturated rings. The fourth-order valence-corrected chi connectivity index (χ4v) is 4.13. The van der Waals surface area contributed by atoms with Gasteiger partial charge in [0.15, 0.2) is 0 Å². The maximum absolute atomic E-state index is 11.8. The zero-order valence-corrected chi connectivity index (χ0v) is 12.7. The Kier molecular flexibility index (Phi) is 3.85. The lowest BCUT2D eigenvalue weighted by atomic mass is 9.48. The van der Waals surface area contributed by atoms with Gasteiger partial charge in [0.25, 0.3) is 0 Å². The summed E-state index contributed by atoms with van der Waals surface area (Å²) in [6, 6.07) is 5.17. The lowest BCUT2D eigenvalue weighted by Crippen LogP contribution is -2.54. The fourth-order valence-electron chi connectivity index (χ4n) is 3.37. The van der Waals surface area contributed by atoms with Gasteiger partial charge in [0, 0.05) is 15.6 Å². The topological polar surface area (TPSA) is 37.3 Å². The van der Waals surface area contributed by atoms with Crippen LogP contribution in [0.4, 0.5) is 0 Å². The van der Waals surface area contributed by atoms with Gasteiger partial charge in [-0.3, -0.25) is 4.79 Å². The number of halogens is 2. The van der Waals surface area contributed by atoms with Gasteiger partial charge in [-0.25, -0.2) is 0 Å². The van der Waals surface area contributed by atoms with Crippen molar-refractivity contribution in [3.63, 3.8) is 0 Å². The summed E-state index contributed by atoms with van der Waals surface area (Å²) in [5, 5.41) is 10.6. The average Bonchev–Trinajstić information content (AvgIpc) is 2.31. The smallest absolute Gasteiger partial charge is 0.314 e. The van der Waals surface area contributed by atoms with E-state index in [1.807, 2.05) is 0 Å². The predicted molar refractivity (Wildman–Crippen MR) is 78.0 cm³/mol. The highest BCUT2D eigenvalue weighted by molar-refractivity contribution is 6.36. The van der Waals surface area contributed by atoms with Gasteiger partial charge in [-0.15, -0.1) is 0 Å². The molecule has 0 atom stereocenters. The Balaban J connectivity index is 2.48. The van der Waals surface area contributed by atoms with E-state index in [9.17, 15) is 9.90 Å². The molecule has 1 aliphatic carbocycles. The molecule has 0 heterocycles. The molecular formula is C15H18Cl2O2. The summed E-state index contributed by atoms with van der Waals surface area (Å²) in [4.78, 5) is 11.8. The van der Waals surface area contributed by atoms with Crippen molar-refractivity contribution >= 4 is 29.2 Å². The van der Waals surface area contributed by atoms with Gasteiger partial charge in [0.05, 0.1) is 5.41 Å². The third kappa shape index (κ3) is 2.15. The molecule has 19 heavy (non-hydrogen) atoms. The van der Waals surface area contributed by atoms with Crippen LogP contribution >= 0.6 is 23.2 Å². The molecule has 0 bridgehead atoms. The largest absolute Gasteiger partial charge is 0.481 e. The van der Waals surface area contributed by atoms with E-state index < -0.39 is 11.4 Å². The van der Waals surface area contributed by atoms with Crippen molar-refractivity contribution in [1.82, 2.24) is 0 Å². The lowest BCUT2D eigenvalue weighted by Gasteiger charge is -2.54. The molecule has 0 amide bonds. The van der Waals surface area contributed by atoms with Crippen molar-refractivity contribution in [2.24, 2.45) is 5.41 Å². The SMILES string of the molecule is CCC1(CC)CC(C(=O)O)(c2c(Cl)cccc2Cl)C1. The van der Waals surface area contributed by atoms with E-state index in [0.717, 1.165) is 12.8 Å². The van der Waals surface area contributed by atoms with Crippen LogP contribution in [0.3, 0.4) is 0 Å². The number of carbonyl (C=O) groups is 1. The van der Waals surface area contributed by atoms with Gasteiger partial charge in [-0.05, 0) is 30.4 Å². The molecule has 0 aliphatic heterocycles. The average molecular weight is 301 g/mol. The van der Waals surface area contributed by atoms with E-state index in [4.69, 9.17) is 23.2 Å². The van der Waals surface area contributed by atoms with Gasteiger partial charge in [0.1, 0.15) is 0 Å². The van der Waals surface area contributed by atoms with Gasteiger partial charge in [-0.1, -0.05) is 56.0 Å². The highest BCUT2D eigenvalue weighted by Gasteiger charge is 2.59. The van der Waals surface area contributed by atoms with E-state index in [-0.39, 0.29) is 5.41 Å². The van der Waals surface area contributed by atoms with Crippen molar-refractivity contribution in [2.45, 2.75) is 44.9 Å². The number of hydrogen-bond acceptors (Lipinski definition) is 1.